The number of rotatable bonds is 6. The van der Waals surface area contributed by atoms with Gasteiger partial charge < -0.3 is 0 Å². The Morgan fingerprint density at radius 2 is 1.51 bits per heavy atom. The summed E-state index contributed by atoms with van der Waals surface area (Å²) < 4.78 is 62.7. The highest BCUT2D eigenvalue weighted by Gasteiger charge is 2.37. The summed E-state index contributed by atoms with van der Waals surface area (Å²) in [5.74, 6) is -3.81. The van der Waals surface area contributed by atoms with Crippen molar-refractivity contribution in [2.75, 3.05) is 0 Å². The lowest BCUT2D eigenvalue weighted by Crippen LogP contribution is -2.29. The van der Waals surface area contributed by atoms with Crippen LogP contribution in [0.5, 0.6) is 0 Å². The quantitative estimate of drug-likeness (QED) is 0.209. The minimum Gasteiger partial charge on any atom is -0.286 e. The van der Waals surface area contributed by atoms with Crippen LogP contribution in [0.25, 0.3) is 34.1 Å². The van der Waals surface area contributed by atoms with Gasteiger partial charge in [-0.3, -0.25) is 9.25 Å². The molecular formula is C30H25F4N7. The standard InChI is InChI=1S/C30H25F4N7/c1-17-8-9-18(2)41(17)29-37-28-19(3)26(23(32)16-40(28)38-29)25-7-5-6-24(36-25)21-14-35-39(15-21)27(30(4,33)34)20-10-12-22(31)13-11-20/h5-16,27H,1-4H3/t27-/m1/s1. The van der Waals surface area contributed by atoms with Crippen LogP contribution in [0, 0.1) is 32.4 Å². The van der Waals surface area contributed by atoms with Gasteiger partial charge in [0.1, 0.15) is 11.9 Å². The fourth-order valence-electron chi connectivity index (χ4n) is 5.18. The van der Waals surface area contributed by atoms with Gasteiger partial charge in [-0.1, -0.05) is 18.2 Å². The van der Waals surface area contributed by atoms with Crippen molar-refractivity contribution in [3.05, 3.63) is 107 Å². The van der Waals surface area contributed by atoms with Crippen molar-refractivity contribution in [2.24, 2.45) is 0 Å². The molecule has 6 aromatic rings. The van der Waals surface area contributed by atoms with Crippen LogP contribution in [0.2, 0.25) is 0 Å². The van der Waals surface area contributed by atoms with Crippen LogP contribution in [0.3, 0.4) is 0 Å². The number of pyridine rings is 2. The van der Waals surface area contributed by atoms with E-state index in [1.807, 2.05) is 30.5 Å². The molecule has 0 aliphatic carbocycles. The lowest BCUT2D eigenvalue weighted by Gasteiger charge is -2.24. The molecule has 0 spiro atoms. The van der Waals surface area contributed by atoms with E-state index in [-0.39, 0.29) is 11.1 Å². The van der Waals surface area contributed by atoms with Crippen LogP contribution < -0.4 is 0 Å². The predicted octanol–water partition coefficient (Wildman–Crippen LogP) is 6.89. The lowest BCUT2D eigenvalue weighted by molar-refractivity contribution is -0.0217. The molecule has 0 radical (unpaired) electrons. The first-order valence-corrected chi connectivity index (χ1v) is 12.9. The number of hydrogen-bond donors (Lipinski definition) is 0. The molecule has 0 fully saturated rings. The van der Waals surface area contributed by atoms with Crippen LogP contribution in [-0.2, 0) is 0 Å². The maximum absolute atomic E-state index is 15.5. The summed E-state index contributed by atoms with van der Waals surface area (Å²) in [5, 5.41) is 8.67. The van der Waals surface area contributed by atoms with Gasteiger partial charge in [0.25, 0.3) is 11.9 Å². The molecule has 0 N–H and O–H groups in total. The summed E-state index contributed by atoms with van der Waals surface area (Å²) in [6.45, 7) is 6.43. The van der Waals surface area contributed by atoms with Gasteiger partial charge in [0.2, 0.25) is 0 Å². The van der Waals surface area contributed by atoms with Crippen molar-refractivity contribution in [2.45, 2.75) is 39.7 Å². The van der Waals surface area contributed by atoms with E-state index in [9.17, 15) is 13.2 Å². The molecule has 0 saturated heterocycles. The molecule has 1 atom stereocenters. The Balaban J connectivity index is 1.39. The summed E-state index contributed by atoms with van der Waals surface area (Å²) in [7, 11) is 0. The number of aromatic nitrogens is 7. The van der Waals surface area contributed by atoms with Crippen molar-refractivity contribution in [3.63, 3.8) is 0 Å². The molecule has 0 aliphatic rings. The van der Waals surface area contributed by atoms with Gasteiger partial charge in [-0.2, -0.15) is 10.1 Å². The maximum Gasteiger partial charge on any atom is 0.271 e. The third-order valence-electron chi connectivity index (χ3n) is 7.11. The second-order valence-electron chi connectivity index (χ2n) is 10.1. The van der Waals surface area contributed by atoms with E-state index in [0.29, 0.717) is 34.1 Å². The van der Waals surface area contributed by atoms with Crippen LogP contribution in [0.1, 0.15) is 35.5 Å². The second-order valence-corrected chi connectivity index (χ2v) is 10.1. The summed E-state index contributed by atoms with van der Waals surface area (Å²) in [6.07, 6.45) is 4.15. The van der Waals surface area contributed by atoms with E-state index in [2.05, 4.69) is 20.2 Å². The summed E-state index contributed by atoms with van der Waals surface area (Å²) in [6, 6.07) is 12.4. The van der Waals surface area contributed by atoms with Gasteiger partial charge in [-0.15, -0.1) is 5.10 Å². The zero-order valence-corrected chi connectivity index (χ0v) is 22.6. The Morgan fingerprint density at radius 3 is 2.20 bits per heavy atom. The van der Waals surface area contributed by atoms with Crippen LogP contribution in [0.4, 0.5) is 17.6 Å². The molecule has 0 amide bonds. The Labute approximate surface area is 232 Å². The Bertz CT molecular complexity index is 1880. The highest BCUT2D eigenvalue weighted by molar-refractivity contribution is 5.73. The van der Waals surface area contributed by atoms with Gasteiger partial charge in [-0.05, 0) is 62.7 Å². The molecule has 0 bridgehead atoms. The zero-order chi connectivity index (χ0) is 29.1. The highest BCUT2D eigenvalue weighted by Crippen LogP contribution is 2.36. The number of nitrogens with zero attached hydrogens (tertiary/aromatic N) is 7. The molecule has 0 saturated carbocycles. The van der Waals surface area contributed by atoms with Crippen LogP contribution in [0.15, 0.2) is 73.2 Å². The van der Waals surface area contributed by atoms with E-state index in [1.54, 1.807) is 25.1 Å². The molecule has 5 aromatic heterocycles. The monoisotopic (exact) mass is 559 g/mol. The minimum absolute atomic E-state index is 0.208. The predicted molar refractivity (Wildman–Crippen MR) is 146 cm³/mol. The Kier molecular flexibility index (Phi) is 6.24. The van der Waals surface area contributed by atoms with Gasteiger partial charge in [0.05, 0.1) is 23.8 Å². The number of alkyl halides is 2. The number of halogens is 4. The van der Waals surface area contributed by atoms with E-state index in [1.165, 1.54) is 35.2 Å². The van der Waals surface area contributed by atoms with Gasteiger partial charge in [0.15, 0.2) is 11.5 Å². The largest absolute Gasteiger partial charge is 0.286 e. The highest BCUT2D eigenvalue weighted by atomic mass is 19.3. The van der Waals surface area contributed by atoms with Crippen LogP contribution in [-0.4, -0.2) is 39.9 Å². The van der Waals surface area contributed by atoms with E-state index >= 15 is 4.39 Å². The molecule has 41 heavy (non-hydrogen) atoms. The molecule has 5 heterocycles. The number of aryl methyl sites for hydroxylation is 3. The topological polar surface area (TPSA) is 65.8 Å². The van der Waals surface area contributed by atoms with Crippen molar-refractivity contribution in [1.82, 2.24) is 33.9 Å². The van der Waals surface area contributed by atoms with Crippen molar-refractivity contribution in [3.8, 4) is 28.5 Å². The fraction of sp³-hybridized carbons (Fsp3) is 0.200. The van der Waals surface area contributed by atoms with Crippen molar-refractivity contribution in [1.29, 1.82) is 0 Å². The molecular weight excluding hydrogens is 534 g/mol. The van der Waals surface area contributed by atoms with Crippen LogP contribution >= 0.6 is 0 Å². The van der Waals surface area contributed by atoms with Crippen molar-refractivity contribution >= 4 is 5.65 Å². The first-order valence-electron chi connectivity index (χ1n) is 12.9. The molecule has 0 aliphatic heterocycles. The molecule has 0 unspecified atom stereocenters. The zero-order valence-electron chi connectivity index (χ0n) is 22.6. The average Bonchev–Trinajstić information content (AvgIpc) is 3.64. The first-order chi connectivity index (χ1) is 19.5. The van der Waals surface area contributed by atoms with E-state index in [0.717, 1.165) is 35.1 Å². The maximum atomic E-state index is 15.5. The second kappa shape index (κ2) is 9.69. The summed E-state index contributed by atoms with van der Waals surface area (Å²) in [5.41, 5.74) is 4.64. The van der Waals surface area contributed by atoms with Gasteiger partial charge in [0, 0.05) is 41.2 Å². The normalized spacial score (nSPS) is 12.8. The number of fused-ring (bicyclic) bond motifs is 1. The summed E-state index contributed by atoms with van der Waals surface area (Å²) in [4.78, 5) is 9.33. The molecule has 208 valence electrons. The third kappa shape index (κ3) is 4.66. The number of hydrogen-bond acceptors (Lipinski definition) is 4. The Hall–Kier alpha value is -4.80. The third-order valence-corrected chi connectivity index (χ3v) is 7.11. The molecule has 7 nitrogen and oxygen atoms in total. The average molecular weight is 560 g/mol. The first kappa shape index (κ1) is 26.4. The molecule has 11 heteroatoms. The van der Waals surface area contributed by atoms with Gasteiger partial charge in [-0.25, -0.2) is 27.1 Å². The SMILES string of the molecule is Cc1c(-c2cccc(-c3cnn([C@H](c4ccc(F)cc4)C(C)(F)F)c3)n2)c(F)cn2nc(-n3c(C)ccc3C)nc12. The lowest BCUT2D eigenvalue weighted by atomic mass is 10.0. The Morgan fingerprint density at radius 1 is 0.829 bits per heavy atom. The molecule has 1 aromatic carbocycles. The molecule has 6 rings (SSSR count). The van der Waals surface area contributed by atoms with Gasteiger partial charge >= 0.3 is 0 Å². The minimum atomic E-state index is -3.19. The number of benzene rings is 1. The van der Waals surface area contributed by atoms with E-state index in [4.69, 9.17) is 0 Å². The smallest absolute Gasteiger partial charge is 0.271 e. The van der Waals surface area contributed by atoms with Crippen molar-refractivity contribution < 1.29 is 17.6 Å². The fourth-order valence-corrected chi connectivity index (χ4v) is 5.18. The summed E-state index contributed by atoms with van der Waals surface area (Å²) >= 11 is 0. The van der Waals surface area contributed by atoms with E-state index < -0.39 is 23.6 Å².